The minimum atomic E-state index is -3.87. The molecule has 4 rings (SSSR count). The quantitative estimate of drug-likeness (QED) is 0.527. The van der Waals surface area contributed by atoms with Gasteiger partial charge in [-0.3, -0.25) is 4.79 Å². The average Bonchev–Trinajstić information content (AvgIpc) is 2.80. The van der Waals surface area contributed by atoms with Crippen LogP contribution in [0.25, 0.3) is 0 Å². The molecule has 1 amide bonds. The first-order valence-corrected chi connectivity index (χ1v) is 12.8. The summed E-state index contributed by atoms with van der Waals surface area (Å²) in [5.41, 5.74) is 3.71. The van der Waals surface area contributed by atoms with Crippen LogP contribution in [0.5, 0.6) is 0 Å². The zero-order valence-electron chi connectivity index (χ0n) is 18.1. The summed E-state index contributed by atoms with van der Waals surface area (Å²) in [5.74, 6) is -0.328. The van der Waals surface area contributed by atoms with Gasteiger partial charge in [0.2, 0.25) is 15.9 Å². The number of halogens is 2. The molecule has 0 spiro atoms. The second-order valence-corrected chi connectivity index (χ2v) is 10.9. The van der Waals surface area contributed by atoms with E-state index in [-0.39, 0.29) is 17.3 Å². The number of carbonyl (C=O) groups is 1. The molecule has 0 saturated heterocycles. The van der Waals surface area contributed by atoms with Gasteiger partial charge in [0.15, 0.2) is 0 Å². The Bertz CT molecular complexity index is 1280. The molecule has 1 aliphatic rings. The molecule has 1 aliphatic heterocycles. The molecule has 8 heteroatoms. The molecular formula is C25H24Cl2N2O3S. The molecule has 1 heterocycles. The van der Waals surface area contributed by atoms with E-state index in [1.807, 2.05) is 37.3 Å². The maximum absolute atomic E-state index is 13.5. The topological polar surface area (TPSA) is 66.5 Å². The van der Waals surface area contributed by atoms with Gasteiger partial charge in [0, 0.05) is 23.1 Å². The molecule has 3 aromatic rings. The number of nitrogens with one attached hydrogen (secondary N) is 1. The SMILES string of the molecule is Cc1ccc(S(=O)(=O)N2Cc3ccccc3CC2C(=O)NCCc2ccc(Cl)cc2Cl)cc1. The van der Waals surface area contributed by atoms with Crippen LogP contribution in [-0.4, -0.2) is 31.2 Å². The molecule has 1 atom stereocenters. The highest BCUT2D eigenvalue weighted by molar-refractivity contribution is 7.89. The van der Waals surface area contributed by atoms with Gasteiger partial charge >= 0.3 is 0 Å². The monoisotopic (exact) mass is 502 g/mol. The van der Waals surface area contributed by atoms with Gasteiger partial charge in [-0.1, -0.05) is 71.2 Å². The molecule has 5 nitrogen and oxygen atoms in total. The molecule has 33 heavy (non-hydrogen) atoms. The minimum Gasteiger partial charge on any atom is -0.354 e. The summed E-state index contributed by atoms with van der Waals surface area (Å²) < 4.78 is 28.3. The molecule has 172 valence electrons. The van der Waals surface area contributed by atoms with Crippen molar-refractivity contribution in [2.24, 2.45) is 0 Å². The van der Waals surface area contributed by atoms with E-state index in [1.54, 1.807) is 36.4 Å². The zero-order valence-corrected chi connectivity index (χ0v) is 20.4. The molecule has 0 fully saturated rings. The first-order valence-electron chi connectivity index (χ1n) is 10.6. The van der Waals surface area contributed by atoms with Crippen molar-refractivity contribution in [3.63, 3.8) is 0 Å². The summed E-state index contributed by atoms with van der Waals surface area (Å²) in [4.78, 5) is 13.4. The standard InChI is InChI=1S/C25H24Cl2N2O3S/c1-17-6-10-22(11-7-17)33(31,32)29-16-20-5-3-2-4-19(20)14-24(29)25(30)28-13-12-18-8-9-21(26)15-23(18)27/h2-11,15,24H,12-14,16H2,1H3,(H,28,30). The summed E-state index contributed by atoms with van der Waals surface area (Å²) in [7, 11) is -3.87. The Morgan fingerprint density at radius 1 is 1.03 bits per heavy atom. The Morgan fingerprint density at radius 3 is 2.42 bits per heavy atom. The van der Waals surface area contributed by atoms with E-state index in [0.717, 1.165) is 22.3 Å². The largest absolute Gasteiger partial charge is 0.354 e. The van der Waals surface area contributed by atoms with Crippen molar-refractivity contribution >= 4 is 39.1 Å². The van der Waals surface area contributed by atoms with E-state index < -0.39 is 16.1 Å². The molecule has 0 aliphatic carbocycles. The van der Waals surface area contributed by atoms with Crippen LogP contribution in [0.2, 0.25) is 10.0 Å². The number of nitrogens with zero attached hydrogens (tertiary/aromatic N) is 1. The molecule has 1 N–H and O–H groups in total. The number of benzene rings is 3. The van der Waals surface area contributed by atoms with E-state index in [0.29, 0.717) is 29.4 Å². The molecule has 0 bridgehead atoms. The smallest absolute Gasteiger partial charge is 0.244 e. The number of hydrogen-bond donors (Lipinski definition) is 1. The fraction of sp³-hybridized carbons (Fsp3) is 0.240. The lowest BCUT2D eigenvalue weighted by molar-refractivity contribution is -0.125. The second-order valence-electron chi connectivity index (χ2n) is 8.13. The van der Waals surface area contributed by atoms with Crippen molar-refractivity contribution in [2.75, 3.05) is 6.54 Å². The van der Waals surface area contributed by atoms with E-state index in [2.05, 4.69) is 5.32 Å². The third-order valence-corrected chi connectivity index (χ3v) is 8.30. The van der Waals surface area contributed by atoms with Gasteiger partial charge in [-0.15, -0.1) is 0 Å². The number of carbonyl (C=O) groups excluding carboxylic acids is 1. The molecule has 1 unspecified atom stereocenters. The van der Waals surface area contributed by atoms with Crippen LogP contribution < -0.4 is 5.32 Å². The molecule has 0 aromatic heterocycles. The van der Waals surface area contributed by atoms with Gasteiger partial charge in [-0.05, 0) is 60.7 Å². The Balaban J connectivity index is 1.56. The van der Waals surface area contributed by atoms with Gasteiger partial charge in [0.1, 0.15) is 6.04 Å². The van der Waals surface area contributed by atoms with Crippen LogP contribution in [0.3, 0.4) is 0 Å². The Morgan fingerprint density at radius 2 is 1.73 bits per heavy atom. The fourth-order valence-electron chi connectivity index (χ4n) is 3.98. The van der Waals surface area contributed by atoms with Crippen molar-refractivity contribution in [3.05, 3.63) is 99.0 Å². The average molecular weight is 503 g/mol. The normalized spacial score (nSPS) is 16.3. The summed E-state index contributed by atoms with van der Waals surface area (Å²) in [6, 6.07) is 18.7. The van der Waals surface area contributed by atoms with Gasteiger partial charge in [-0.2, -0.15) is 4.31 Å². The summed E-state index contributed by atoms with van der Waals surface area (Å²) in [6.07, 6.45) is 0.824. The van der Waals surface area contributed by atoms with E-state index >= 15 is 0 Å². The van der Waals surface area contributed by atoms with Gasteiger partial charge in [0.05, 0.1) is 4.90 Å². The number of hydrogen-bond acceptors (Lipinski definition) is 3. The van der Waals surface area contributed by atoms with Crippen LogP contribution in [0, 0.1) is 6.92 Å². The predicted octanol–water partition coefficient (Wildman–Crippen LogP) is 4.78. The van der Waals surface area contributed by atoms with E-state index in [1.165, 1.54) is 4.31 Å². The lowest BCUT2D eigenvalue weighted by Gasteiger charge is -2.35. The predicted molar refractivity (Wildman–Crippen MR) is 131 cm³/mol. The summed E-state index contributed by atoms with van der Waals surface area (Å²) in [6.45, 7) is 2.38. The minimum absolute atomic E-state index is 0.146. The van der Waals surface area contributed by atoms with Crippen molar-refractivity contribution < 1.29 is 13.2 Å². The van der Waals surface area contributed by atoms with Gasteiger partial charge in [-0.25, -0.2) is 8.42 Å². The number of rotatable bonds is 6. The maximum Gasteiger partial charge on any atom is 0.244 e. The third-order valence-electron chi connectivity index (χ3n) is 5.84. The fourth-order valence-corrected chi connectivity index (χ4v) is 6.05. The maximum atomic E-state index is 13.5. The van der Waals surface area contributed by atoms with Crippen LogP contribution in [0.15, 0.2) is 71.6 Å². The first-order chi connectivity index (χ1) is 15.8. The van der Waals surface area contributed by atoms with Crippen LogP contribution in [-0.2, 0) is 34.2 Å². The Hall–Kier alpha value is -2.38. The number of amides is 1. The Kier molecular flexibility index (Phi) is 7.10. The summed E-state index contributed by atoms with van der Waals surface area (Å²) >= 11 is 12.2. The zero-order chi connectivity index (χ0) is 23.6. The number of aryl methyl sites for hydroxylation is 1. The third kappa shape index (κ3) is 5.25. The second kappa shape index (κ2) is 9.85. The molecular weight excluding hydrogens is 479 g/mol. The highest BCUT2D eigenvalue weighted by Crippen LogP contribution is 2.29. The van der Waals surface area contributed by atoms with Crippen LogP contribution in [0.4, 0.5) is 0 Å². The number of fused-ring (bicyclic) bond motifs is 1. The number of sulfonamides is 1. The molecule has 3 aromatic carbocycles. The summed E-state index contributed by atoms with van der Waals surface area (Å²) in [5, 5.41) is 3.98. The Labute approximate surface area is 204 Å². The van der Waals surface area contributed by atoms with Crippen molar-refractivity contribution in [2.45, 2.75) is 37.2 Å². The van der Waals surface area contributed by atoms with Crippen molar-refractivity contribution in [3.8, 4) is 0 Å². The highest BCUT2D eigenvalue weighted by Gasteiger charge is 2.39. The van der Waals surface area contributed by atoms with E-state index in [9.17, 15) is 13.2 Å². The lowest BCUT2D eigenvalue weighted by Crippen LogP contribution is -2.52. The highest BCUT2D eigenvalue weighted by atomic mass is 35.5. The molecule has 0 radical (unpaired) electrons. The van der Waals surface area contributed by atoms with Crippen molar-refractivity contribution in [1.82, 2.24) is 9.62 Å². The van der Waals surface area contributed by atoms with E-state index in [4.69, 9.17) is 23.2 Å². The van der Waals surface area contributed by atoms with Crippen LogP contribution in [0.1, 0.15) is 22.3 Å². The molecule has 0 saturated carbocycles. The lowest BCUT2D eigenvalue weighted by atomic mass is 9.95. The van der Waals surface area contributed by atoms with Crippen molar-refractivity contribution in [1.29, 1.82) is 0 Å². The van der Waals surface area contributed by atoms with Crippen LogP contribution >= 0.6 is 23.2 Å². The van der Waals surface area contributed by atoms with Gasteiger partial charge in [0.25, 0.3) is 0 Å². The first kappa shape index (κ1) is 23.8. The van der Waals surface area contributed by atoms with Gasteiger partial charge < -0.3 is 5.32 Å².